The zero-order valence-electron chi connectivity index (χ0n) is 11.3. The van der Waals surface area contributed by atoms with Crippen LogP contribution in [0.25, 0.3) is 11.3 Å². The largest absolute Gasteiger partial charge is 0.370 e. The molecule has 0 amide bonds. The standard InChI is InChI=1S/C16H19N3/c1-2-17-16-10-15(18-11-19-16)14-8-4-7-13(9-14)12-5-3-6-12/h4,7-12H,2-3,5-6H2,1H3,(H,17,18,19). The molecule has 1 heterocycles. The summed E-state index contributed by atoms with van der Waals surface area (Å²) in [6.45, 7) is 2.94. The number of anilines is 1. The predicted molar refractivity (Wildman–Crippen MR) is 78.2 cm³/mol. The molecule has 1 aliphatic rings. The van der Waals surface area contributed by atoms with Gasteiger partial charge in [0, 0.05) is 18.2 Å². The summed E-state index contributed by atoms with van der Waals surface area (Å²) in [4.78, 5) is 8.60. The second-order valence-corrected chi connectivity index (χ2v) is 5.07. The fourth-order valence-electron chi connectivity index (χ4n) is 2.49. The second kappa shape index (κ2) is 5.39. The first-order valence-corrected chi connectivity index (χ1v) is 7.03. The molecule has 0 atom stereocenters. The van der Waals surface area contributed by atoms with E-state index in [1.165, 1.54) is 30.4 Å². The number of nitrogens with zero attached hydrogens (tertiary/aromatic N) is 2. The van der Waals surface area contributed by atoms with Crippen LogP contribution < -0.4 is 5.32 Å². The molecule has 0 saturated heterocycles. The van der Waals surface area contributed by atoms with Crippen molar-refractivity contribution < 1.29 is 0 Å². The number of rotatable bonds is 4. The van der Waals surface area contributed by atoms with Crippen molar-refractivity contribution in [2.75, 3.05) is 11.9 Å². The minimum Gasteiger partial charge on any atom is -0.370 e. The number of nitrogens with one attached hydrogen (secondary N) is 1. The molecule has 0 aliphatic heterocycles. The van der Waals surface area contributed by atoms with E-state index in [-0.39, 0.29) is 0 Å². The maximum Gasteiger partial charge on any atom is 0.129 e. The van der Waals surface area contributed by atoms with Crippen LogP contribution in [0.3, 0.4) is 0 Å². The van der Waals surface area contributed by atoms with E-state index >= 15 is 0 Å². The maximum absolute atomic E-state index is 4.39. The van der Waals surface area contributed by atoms with Crippen LogP contribution >= 0.6 is 0 Å². The SMILES string of the molecule is CCNc1cc(-c2cccc(C3CCC3)c2)ncn1. The van der Waals surface area contributed by atoms with E-state index < -0.39 is 0 Å². The predicted octanol–water partition coefficient (Wildman–Crippen LogP) is 3.84. The normalized spacial score (nSPS) is 15.0. The van der Waals surface area contributed by atoms with Crippen LogP contribution in [-0.4, -0.2) is 16.5 Å². The number of hydrogen-bond donors (Lipinski definition) is 1. The van der Waals surface area contributed by atoms with Crippen LogP contribution in [0.1, 0.15) is 37.7 Å². The molecule has 19 heavy (non-hydrogen) atoms. The summed E-state index contributed by atoms with van der Waals surface area (Å²) < 4.78 is 0. The van der Waals surface area contributed by atoms with Crippen molar-refractivity contribution >= 4 is 5.82 Å². The summed E-state index contributed by atoms with van der Waals surface area (Å²) in [6.07, 6.45) is 5.65. The van der Waals surface area contributed by atoms with E-state index in [4.69, 9.17) is 0 Å². The summed E-state index contributed by atoms with van der Waals surface area (Å²) in [5.74, 6) is 1.65. The molecule has 3 rings (SSSR count). The molecule has 0 unspecified atom stereocenters. The Morgan fingerprint density at radius 1 is 1.21 bits per heavy atom. The van der Waals surface area contributed by atoms with Gasteiger partial charge in [0.25, 0.3) is 0 Å². The summed E-state index contributed by atoms with van der Waals surface area (Å²) in [6, 6.07) is 10.8. The van der Waals surface area contributed by atoms with Gasteiger partial charge in [0.05, 0.1) is 5.69 Å². The molecule has 3 nitrogen and oxygen atoms in total. The van der Waals surface area contributed by atoms with Crippen LogP contribution in [0.4, 0.5) is 5.82 Å². The lowest BCUT2D eigenvalue weighted by atomic mass is 9.79. The quantitative estimate of drug-likeness (QED) is 0.899. The Morgan fingerprint density at radius 2 is 2.11 bits per heavy atom. The Balaban J connectivity index is 1.90. The maximum atomic E-state index is 4.39. The van der Waals surface area contributed by atoms with E-state index in [0.717, 1.165) is 24.0 Å². The van der Waals surface area contributed by atoms with Gasteiger partial charge in [-0.15, -0.1) is 0 Å². The molecular formula is C16H19N3. The molecule has 1 aromatic carbocycles. The third kappa shape index (κ3) is 2.60. The molecule has 0 bridgehead atoms. The molecule has 1 aromatic heterocycles. The second-order valence-electron chi connectivity index (χ2n) is 5.07. The topological polar surface area (TPSA) is 37.8 Å². The Hall–Kier alpha value is -1.90. The first kappa shape index (κ1) is 12.2. The van der Waals surface area contributed by atoms with Crippen LogP contribution in [0.2, 0.25) is 0 Å². The zero-order valence-corrected chi connectivity index (χ0v) is 11.3. The lowest BCUT2D eigenvalue weighted by molar-refractivity contribution is 0.420. The van der Waals surface area contributed by atoms with Gasteiger partial charge in [-0.2, -0.15) is 0 Å². The minimum atomic E-state index is 0.759. The highest BCUT2D eigenvalue weighted by molar-refractivity contribution is 5.63. The number of hydrogen-bond acceptors (Lipinski definition) is 3. The third-order valence-corrected chi connectivity index (χ3v) is 3.78. The van der Waals surface area contributed by atoms with Crippen LogP contribution in [0.15, 0.2) is 36.7 Å². The van der Waals surface area contributed by atoms with E-state index in [9.17, 15) is 0 Å². The van der Waals surface area contributed by atoms with Crippen molar-refractivity contribution in [3.63, 3.8) is 0 Å². The lowest BCUT2D eigenvalue weighted by Crippen LogP contribution is -2.08. The Bertz CT molecular complexity index is 561. The van der Waals surface area contributed by atoms with Crippen LogP contribution in [-0.2, 0) is 0 Å². The van der Waals surface area contributed by atoms with Crippen molar-refractivity contribution in [3.05, 3.63) is 42.2 Å². The molecule has 1 N–H and O–H groups in total. The van der Waals surface area contributed by atoms with Crippen molar-refractivity contribution in [3.8, 4) is 11.3 Å². The Morgan fingerprint density at radius 3 is 2.84 bits per heavy atom. The highest BCUT2D eigenvalue weighted by atomic mass is 15.0. The van der Waals surface area contributed by atoms with E-state index in [1.54, 1.807) is 6.33 Å². The third-order valence-electron chi connectivity index (χ3n) is 3.78. The first-order valence-electron chi connectivity index (χ1n) is 7.03. The van der Waals surface area contributed by atoms with Crippen LogP contribution in [0, 0.1) is 0 Å². The minimum absolute atomic E-state index is 0.759. The van der Waals surface area contributed by atoms with E-state index in [1.807, 2.05) is 6.07 Å². The monoisotopic (exact) mass is 253 g/mol. The van der Waals surface area contributed by atoms with Crippen molar-refractivity contribution in [1.29, 1.82) is 0 Å². The molecule has 1 fully saturated rings. The highest BCUT2D eigenvalue weighted by Crippen LogP contribution is 2.37. The molecule has 1 aliphatic carbocycles. The van der Waals surface area contributed by atoms with Gasteiger partial charge >= 0.3 is 0 Å². The Kier molecular flexibility index (Phi) is 3.45. The van der Waals surface area contributed by atoms with Gasteiger partial charge in [0.15, 0.2) is 0 Å². The van der Waals surface area contributed by atoms with Gasteiger partial charge in [-0.3, -0.25) is 0 Å². The number of benzene rings is 1. The van der Waals surface area contributed by atoms with Crippen LogP contribution in [0.5, 0.6) is 0 Å². The van der Waals surface area contributed by atoms with Gasteiger partial charge < -0.3 is 5.32 Å². The summed E-state index contributed by atoms with van der Waals surface area (Å²) >= 11 is 0. The average Bonchev–Trinajstić information content (AvgIpc) is 2.38. The van der Waals surface area contributed by atoms with E-state index in [2.05, 4.69) is 46.5 Å². The molecule has 0 spiro atoms. The lowest BCUT2D eigenvalue weighted by Gasteiger charge is -2.26. The summed E-state index contributed by atoms with van der Waals surface area (Å²) in [7, 11) is 0. The Labute approximate surface area is 114 Å². The average molecular weight is 253 g/mol. The van der Waals surface area contributed by atoms with Gasteiger partial charge in [-0.05, 0) is 37.3 Å². The van der Waals surface area contributed by atoms with Gasteiger partial charge in [-0.25, -0.2) is 9.97 Å². The van der Waals surface area contributed by atoms with Crippen molar-refractivity contribution in [2.45, 2.75) is 32.1 Å². The molecular weight excluding hydrogens is 234 g/mol. The summed E-state index contributed by atoms with van der Waals surface area (Å²) in [5, 5.41) is 3.23. The van der Waals surface area contributed by atoms with E-state index in [0.29, 0.717) is 0 Å². The fourth-order valence-corrected chi connectivity index (χ4v) is 2.49. The molecule has 2 aromatic rings. The highest BCUT2D eigenvalue weighted by Gasteiger charge is 2.19. The van der Waals surface area contributed by atoms with Gasteiger partial charge in [-0.1, -0.05) is 24.6 Å². The van der Waals surface area contributed by atoms with Gasteiger partial charge in [0.1, 0.15) is 12.1 Å². The van der Waals surface area contributed by atoms with Crippen molar-refractivity contribution in [1.82, 2.24) is 9.97 Å². The first-order chi connectivity index (χ1) is 9.36. The smallest absolute Gasteiger partial charge is 0.129 e. The molecule has 1 saturated carbocycles. The molecule has 0 radical (unpaired) electrons. The zero-order chi connectivity index (χ0) is 13.1. The molecule has 98 valence electrons. The van der Waals surface area contributed by atoms with Gasteiger partial charge in [0.2, 0.25) is 0 Å². The van der Waals surface area contributed by atoms with Crippen molar-refractivity contribution in [2.24, 2.45) is 0 Å². The summed E-state index contributed by atoms with van der Waals surface area (Å²) in [5.41, 5.74) is 3.63. The molecule has 3 heteroatoms. The number of aromatic nitrogens is 2. The fraction of sp³-hybridized carbons (Fsp3) is 0.375.